The Morgan fingerprint density at radius 1 is 0.633 bits per heavy atom. The van der Waals surface area contributed by atoms with Gasteiger partial charge in [-0.15, -0.1) is 0 Å². The molecule has 0 rings (SSSR count). The molecule has 0 aromatic heterocycles. The van der Waals surface area contributed by atoms with E-state index in [2.05, 4.69) is 19.1 Å². The highest BCUT2D eigenvalue weighted by molar-refractivity contribution is 5.69. The van der Waals surface area contributed by atoms with Crippen molar-refractivity contribution < 1.29 is 14.6 Å². The van der Waals surface area contributed by atoms with Crippen molar-refractivity contribution in [1.29, 1.82) is 0 Å². The van der Waals surface area contributed by atoms with E-state index in [4.69, 9.17) is 9.84 Å². The van der Waals surface area contributed by atoms with Crippen LogP contribution in [0.15, 0.2) is 12.2 Å². The van der Waals surface area contributed by atoms with Crippen LogP contribution in [-0.4, -0.2) is 24.3 Å². The van der Waals surface area contributed by atoms with Gasteiger partial charge in [-0.25, -0.2) is 0 Å². The summed E-state index contributed by atoms with van der Waals surface area (Å²) in [4.78, 5) is 11.8. The summed E-state index contributed by atoms with van der Waals surface area (Å²) >= 11 is 0. The molecule has 0 aliphatic carbocycles. The molecular weight excluding hydrogens is 372 g/mol. The standard InChI is InChI=1S/C27H52O3/c1-2-3-4-5-6-7-9-12-15-18-21-24-27(29)30-26-23-20-17-14-11-8-10-13-16-19-22-25-28/h5-6,28H,2-4,7-26H2,1H3/b6-5-. The minimum atomic E-state index is -0.00458. The van der Waals surface area contributed by atoms with E-state index in [-0.39, 0.29) is 5.97 Å². The van der Waals surface area contributed by atoms with Crippen LogP contribution in [0.4, 0.5) is 0 Å². The molecule has 0 heterocycles. The number of carbonyl (C=O) groups is 1. The number of unbranched alkanes of at least 4 members (excludes halogenated alkanes) is 17. The Morgan fingerprint density at radius 3 is 1.67 bits per heavy atom. The monoisotopic (exact) mass is 424 g/mol. The topological polar surface area (TPSA) is 46.5 Å². The van der Waals surface area contributed by atoms with E-state index >= 15 is 0 Å². The molecule has 0 saturated heterocycles. The van der Waals surface area contributed by atoms with Gasteiger partial charge in [0.2, 0.25) is 0 Å². The Labute approximate surface area is 188 Å². The maximum atomic E-state index is 11.8. The number of ether oxygens (including phenoxy) is 1. The van der Waals surface area contributed by atoms with E-state index in [0.717, 1.165) is 25.7 Å². The second kappa shape index (κ2) is 26.2. The maximum Gasteiger partial charge on any atom is 0.305 e. The molecule has 3 nitrogen and oxygen atoms in total. The Morgan fingerprint density at radius 2 is 1.10 bits per heavy atom. The molecule has 178 valence electrons. The zero-order chi connectivity index (χ0) is 22.0. The molecule has 0 aliphatic rings. The zero-order valence-corrected chi connectivity index (χ0v) is 20.2. The number of rotatable bonds is 24. The summed E-state index contributed by atoms with van der Waals surface area (Å²) < 4.78 is 5.36. The Kier molecular flexibility index (Phi) is 25.5. The van der Waals surface area contributed by atoms with Gasteiger partial charge in [0.25, 0.3) is 0 Å². The van der Waals surface area contributed by atoms with Crippen LogP contribution in [0.3, 0.4) is 0 Å². The molecule has 0 amide bonds. The van der Waals surface area contributed by atoms with Gasteiger partial charge in [0, 0.05) is 13.0 Å². The van der Waals surface area contributed by atoms with Crippen LogP contribution in [0.25, 0.3) is 0 Å². The molecule has 30 heavy (non-hydrogen) atoms. The van der Waals surface area contributed by atoms with E-state index < -0.39 is 0 Å². The summed E-state index contributed by atoms with van der Waals surface area (Å²) in [6.07, 6.45) is 29.6. The van der Waals surface area contributed by atoms with Gasteiger partial charge in [-0.3, -0.25) is 4.79 Å². The molecule has 0 bridgehead atoms. The van der Waals surface area contributed by atoms with Gasteiger partial charge >= 0.3 is 5.97 Å². The van der Waals surface area contributed by atoms with E-state index in [0.29, 0.717) is 19.6 Å². The predicted molar refractivity (Wildman–Crippen MR) is 130 cm³/mol. The summed E-state index contributed by atoms with van der Waals surface area (Å²) in [6, 6.07) is 0. The molecule has 0 fully saturated rings. The van der Waals surface area contributed by atoms with E-state index in [1.807, 2.05) is 0 Å². The number of hydrogen-bond donors (Lipinski definition) is 1. The minimum Gasteiger partial charge on any atom is -0.466 e. The number of aliphatic hydroxyl groups excluding tert-OH is 1. The van der Waals surface area contributed by atoms with Crippen LogP contribution in [0.5, 0.6) is 0 Å². The van der Waals surface area contributed by atoms with Crippen molar-refractivity contribution >= 4 is 5.97 Å². The second-order valence-electron chi connectivity index (χ2n) is 8.75. The first-order chi connectivity index (χ1) is 14.8. The van der Waals surface area contributed by atoms with Crippen molar-refractivity contribution in [2.45, 2.75) is 142 Å². The zero-order valence-electron chi connectivity index (χ0n) is 20.2. The third-order valence-corrected chi connectivity index (χ3v) is 5.71. The van der Waals surface area contributed by atoms with Gasteiger partial charge in [0.15, 0.2) is 0 Å². The van der Waals surface area contributed by atoms with E-state index in [1.165, 1.54) is 103 Å². The Hall–Kier alpha value is -0.830. The third kappa shape index (κ3) is 25.2. The van der Waals surface area contributed by atoms with Gasteiger partial charge in [-0.2, -0.15) is 0 Å². The molecule has 0 radical (unpaired) electrons. The van der Waals surface area contributed by atoms with Crippen molar-refractivity contribution in [3.63, 3.8) is 0 Å². The molecule has 0 spiro atoms. The van der Waals surface area contributed by atoms with Crippen molar-refractivity contribution in [3.8, 4) is 0 Å². The lowest BCUT2D eigenvalue weighted by molar-refractivity contribution is -0.143. The van der Waals surface area contributed by atoms with Crippen LogP contribution in [-0.2, 0) is 9.53 Å². The van der Waals surface area contributed by atoms with E-state index in [9.17, 15) is 4.79 Å². The Bertz CT molecular complexity index is 365. The maximum absolute atomic E-state index is 11.8. The van der Waals surface area contributed by atoms with Crippen molar-refractivity contribution in [2.24, 2.45) is 0 Å². The smallest absolute Gasteiger partial charge is 0.305 e. The minimum absolute atomic E-state index is 0.00458. The fourth-order valence-corrected chi connectivity index (χ4v) is 3.68. The van der Waals surface area contributed by atoms with Gasteiger partial charge in [-0.05, 0) is 38.5 Å². The second-order valence-corrected chi connectivity index (χ2v) is 8.75. The van der Waals surface area contributed by atoms with Gasteiger partial charge in [0.1, 0.15) is 0 Å². The van der Waals surface area contributed by atoms with Gasteiger partial charge < -0.3 is 9.84 Å². The average Bonchev–Trinajstić information content (AvgIpc) is 2.75. The van der Waals surface area contributed by atoms with Crippen molar-refractivity contribution in [3.05, 3.63) is 12.2 Å². The first-order valence-electron chi connectivity index (χ1n) is 13.2. The van der Waals surface area contributed by atoms with Crippen molar-refractivity contribution in [2.75, 3.05) is 13.2 Å². The molecule has 0 unspecified atom stereocenters. The van der Waals surface area contributed by atoms with Gasteiger partial charge in [0.05, 0.1) is 6.61 Å². The number of allylic oxidation sites excluding steroid dienone is 2. The lowest BCUT2D eigenvalue weighted by atomic mass is 10.1. The largest absolute Gasteiger partial charge is 0.466 e. The quantitative estimate of drug-likeness (QED) is 0.0962. The fraction of sp³-hybridized carbons (Fsp3) is 0.889. The fourth-order valence-electron chi connectivity index (χ4n) is 3.68. The molecule has 0 aliphatic heterocycles. The van der Waals surface area contributed by atoms with Crippen molar-refractivity contribution in [1.82, 2.24) is 0 Å². The first kappa shape index (κ1) is 29.2. The summed E-state index contributed by atoms with van der Waals surface area (Å²) in [6.45, 7) is 3.18. The van der Waals surface area contributed by atoms with Crippen LogP contribution in [0.2, 0.25) is 0 Å². The molecule has 1 N–H and O–H groups in total. The number of aliphatic hydroxyl groups is 1. The summed E-state index contributed by atoms with van der Waals surface area (Å²) in [5.41, 5.74) is 0. The highest BCUT2D eigenvalue weighted by Gasteiger charge is 2.02. The molecule has 0 aromatic rings. The lowest BCUT2D eigenvalue weighted by Crippen LogP contribution is -2.05. The first-order valence-corrected chi connectivity index (χ1v) is 13.2. The van der Waals surface area contributed by atoms with Gasteiger partial charge in [-0.1, -0.05) is 109 Å². The number of esters is 1. The molecule has 0 aromatic carbocycles. The normalized spacial score (nSPS) is 11.4. The molecule has 0 atom stereocenters. The average molecular weight is 425 g/mol. The van der Waals surface area contributed by atoms with Crippen LogP contribution >= 0.6 is 0 Å². The molecule has 3 heteroatoms. The molecular formula is C27H52O3. The van der Waals surface area contributed by atoms with Crippen LogP contribution in [0.1, 0.15) is 142 Å². The summed E-state index contributed by atoms with van der Waals surface area (Å²) in [5.74, 6) is -0.00458. The molecule has 0 saturated carbocycles. The van der Waals surface area contributed by atoms with E-state index in [1.54, 1.807) is 0 Å². The third-order valence-electron chi connectivity index (χ3n) is 5.71. The van der Waals surface area contributed by atoms with Crippen LogP contribution < -0.4 is 0 Å². The lowest BCUT2D eigenvalue weighted by Gasteiger charge is -2.05. The number of hydrogen-bond acceptors (Lipinski definition) is 3. The van der Waals surface area contributed by atoms with Crippen LogP contribution in [0, 0.1) is 0 Å². The SMILES string of the molecule is CCCC/C=C\CCCCCCCC(=O)OCCCCCCCCCCCCCO. The predicted octanol–water partition coefficient (Wildman–Crippen LogP) is 8.29. The summed E-state index contributed by atoms with van der Waals surface area (Å²) in [7, 11) is 0. The Balaban J connectivity index is 3.18. The highest BCUT2D eigenvalue weighted by Crippen LogP contribution is 2.12. The highest BCUT2D eigenvalue weighted by atomic mass is 16.5. The number of carbonyl (C=O) groups excluding carboxylic acids is 1. The summed E-state index contributed by atoms with van der Waals surface area (Å²) in [5, 5.41) is 8.73.